The number of hydrogen-bond acceptors (Lipinski definition) is 3. The summed E-state index contributed by atoms with van der Waals surface area (Å²) in [5.41, 5.74) is 2.91. The van der Waals surface area contributed by atoms with E-state index in [1.165, 1.54) is 12.8 Å². The van der Waals surface area contributed by atoms with Crippen LogP contribution in [0.2, 0.25) is 0 Å². The minimum absolute atomic E-state index is 0.758. The van der Waals surface area contributed by atoms with Gasteiger partial charge in [-0.1, -0.05) is 6.92 Å². The summed E-state index contributed by atoms with van der Waals surface area (Å²) in [5.74, 6) is 0. The van der Waals surface area contributed by atoms with Gasteiger partial charge in [0, 0.05) is 24.8 Å². The molecular formula is C15H21N3. The number of nitrogens with zero attached hydrogens (tertiary/aromatic N) is 2. The average Bonchev–Trinajstić information content (AvgIpc) is 3.19. The summed E-state index contributed by atoms with van der Waals surface area (Å²) in [5, 5.41) is 12.3. The number of nitriles is 1. The fourth-order valence-electron chi connectivity index (χ4n) is 2.28. The highest BCUT2D eigenvalue weighted by Gasteiger charge is 2.26. The van der Waals surface area contributed by atoms with Crippen LogP contribution in [0.5, 0.6) is 0 Å². The number of hydrogen-bond donors (Lipinski definition) is 1. The second kappa shape index (κ2) is 5.88. The van der Waals surface area contributed by atoms with E-state index in [0.29, 0.717) is 0 Å². The maximum absolute atomic E-state index is 8.88. The van der Waals surface area contributed by atoms with Gasteiger partial charge in [-0.3, -0.25) is 4.90 Å². The van der Waals surface area contributed by atoms with Gasteiger partial charge in [-0.25, -0.2) is 0 Å². The predicted octanol–water partition coefficient (Wildman–Crippen LogP) is 2.76. The summed E-state index contributed by atoms with van der Waals surface area (Å²) in [6.07, 6.45) is 2.73. The molecule has 0 aromatic heterocycles. The van der Waals surface area contributed by atoms with Gasteiger partial charge in [0.15, 0.2) is 0 Å². The smallest absolute Gasteiger partial charge is 0.0994 e. The molecule has 0 radical (unpaired) electrons. The molecule has 96 valence electrons. The van der Waals surface area contributed by atoms with Crippen LogP contribution in [0.1, 0.15) is 30.9 Å². The molecule has 1 aliphatic carbocycles. The van der Waals surface area contributed by atoms with E-state index in [0.717, 1.165) is 42.5 Å². The molecule has 1 N–H and O–H groups in total. The minimum Gasteiger partial charge on any atom is -0.384 e. The third-order valence-electron chi connectivity index (χ3n) is 3.54. The van der Waals surface area contributed by atoms with Crippen molar-refractivity contribution in [3.63, 3.8) is 0 Å². The molecular weight excluding hydrogens is 222 g/mol. The van der Waals surface area contributed by atoms with Crippen molar-refractivity contribution >= 4 is 5.69 Å². The first-order valence-corrected chi connectivity index (χ1v) is 6.73. The molecule has 0 bridgehead atoms. The van der Waals surface area contributed by atoms with Crippen LogP contribution in [0.25, 0.3) is 0 Å². The van der Waals surface area contributed by atoms with E-state index >= 15 is 0 Å². The molecule has 18 heavy (non-hydrogen) atoms. The number of nitrogens with one attached hydrogen (secondary N) is 1. The monoisotopic (exact) mass is 243 g/mol. The fourth-order valence-corrected chi connectivity index (χ4v) is 2.28. The molecule has 2 rings (SSSR count). The van der Waals surface area contributed by atoms with E-state index in [2.05, 4.69) is 23.2 Å². The maximum Gasteiger partial charge on any atom is 0.0994 e. The van der Waals surface area contributed by atoms with Crippen LogP contribution in [0, 0.1) is 18.3 Å². The average molecular weight is 243 g/mol. The van der Waals surface area contributed by atoms with Crippen LogP contribution in [0.15, 0.2) is 18.2 Å². The van der Waals surface area contributed by atoms with E-state index in [9.17, 15) is 0 Å². The molecule has 0 aliphatic heterocycles. The van der Waals surface area contributed by atoms with Crippen molar-refractivity contribution in [3.8, 4) is 6.07 Å². The first-order valence-electron chi connectivity index (χ1n) is 6.73. The van der Waals surface area contributed by atoms with Gasteiger partial charge in [-0.15, -0.1) is 0 Å². The summed E-state index contributed by atoms with van der Waals surface area (Å²) in [6.45, 7) is 7.41. The largest absolute Gasteiger partial charge is 0.384 e. The van der Waals surface area contributed by atoms with Gasteiger partial charge in [-0.2, -0.15) is 5.26 Å². The van der Waals surface area contributed by atoms with Crippen molar-refractivity contribution in [2.45, 2.75) is 32.7 Å². The molecule has 0 heterocycles. The zero-order valence-electron chi connectivity index (χ0n) is 11.2. The number of rotatable bonds is 6. The molecule has 0 unspecified atom stereocenters. The van der Waals surface area contributed by atoms with Crippen LogP contribution >= 0.6 is 0 Å². The van der Waals surface area contributed by atoms with Crippen LogP contribution in [0.4, 0.5) is 5.69 Å². The van der Waals surface area contributed by atoms with Crippen LogP contribution in [-0.2, 0) is 0 Å². The number of anilines is 1. The Morgan fingerprint density at radius 3 is 2.78 bits per heavy atom. The molecule has 1 aliphatic rings. The third kappa shape index (κ3) is 3.24. The SMILES string of the molecule is CCN(CCNc1ccc(C#N)c(C)c1)C1CC1. The van der Waals surface area contributed by atoms with Crippen LogP contribution in [-0.4, -0.2) is 30.6 Å². The van der Waals surface area contributed by atoms with E-state index in [1.54, 1.807) is 0 Å². The lowest BCUT2D eigenvalue weighted by atomic mass is 10.1. The van der Waals surface area contributed by atoms with Gasteiger partial charge in [0.1, 0.15) is 0 Å². The quantitative estimate of drug-likeness (QED) is 0.835. The third-order valence-corrected chi connectivity index (χ3v) is 3.54. The molecule has 1 fully saturated rings. The molecule has 0 atom stereocenters. The van der Waals surface area contributed by atoms with Crippen molar-refractivity contribution < 1.29 is 0 Å². The Labute approximate surface area is 109 Å². The molecule has 0 amide bonds. The van der Waals surface area contributed by atoms with Gasteiger partial charge < -0.3 is 5.32 Å². The van der Waals surface area contributed by atoms with Gasteiger partial charge >= 0.3 is 0 Å². The Hall–Kier alpha value is -1.53. The van der Waals surface area contributed by atoms with Crippen molar-refractivity contribution in [3.05, 3.63) is 29.3 Å². The van der Waals surface area contributed by atoms with E-state index in [4.69, 9.17) is 5.26 Å². The van der Waals surface area contributed by atoms with Crippen molar-refractivity contribution in [1.29, 1.82) is 5.26 Å². The number of aryl methyl sites for hydroxylation is 1. The van der Waals surface area contributed by atoms with Gasteiger partial charge in [0.25, 0.3) is 0 Å². The number of likely N-dealkylation sites (N-methyl/N-ethyl adjacent to an activating group) is 1. The Balaban J connectivity index is 1.83. The zero-order chi connectivity index (χ0) is 13.0. The first kappa shape index (κ1) is 12.9. The summed E-state index contributed by atoms with van der Waals surface area (Å²) in [4.78, 5) is 2.53. The Morgan fingerprint density at radius 2 is 2.22 bits per heavy atom. The molecule has 3 heteroatoms. The Kier molecular flexibility index (Phi) is 4.22. The molecule has 1 saturated carbocycles. The highest BCUT2D eigenvalue weighted by molar-refractivity contribution is 5.51. The lowest BCUT2D eigenvalue weighted by Crippen LogP contribution is -2.30. The van der Waals surface area contributed by atoms with Crippen LogP contribution < -0.4 is 5.32 Å². The zero-order valence-corrected chi connectivity index (χ0v) is 11.2. The normalized spacial score (nSPS) is 14.6. The van der Waals surface area contributed by atoms with Crippen molar-refractivity contribution in [2.75, 3.05) is 25.0 Å². The maximum atomic E-state index is 8.88. The fraction of sp³-hybridized carbons (Fsp3) is 0.533. The predicted molar refractivity (Wildman–Crippen MR) is 74.7 cm³/mol. The summed E-state index contributed by atoms with van der Waals surface area (Å²) >= 11 is 0. The minimum atomic E-state index is 0.758. The Bertz CT molecular complexity index is 444. The molecule has 0 saturated heterocycles. The summed E-state index contributed by atoms with van der Waals surface area (Å²) < 4.78 is 0. The molecule has 1 aromatic carbocycles. The van der Waals surface area contributed by atoms with Gasteiger partial charge in [-0.05, 0) is 50.1 Å². The van der Waals surface area contributed by atoms with E-state index in [-0.39, 0.29) is 0 Å². The molecule has 0 spiro atoms. The molecule has 1 aromatic rings. The number of benzene rings is 1. The van der Waals surface area contributed by atoms with E-state index < -0.39 is 0 Å². The topological polar surface area (TPSA) is 39.1 Å². The Morgan fingerprint density at radius 1 is 1.44 bits per heavy atom. The summed E-state index contributed by atoms with van der Waals surface area (Å²) in [7, 11) is 0. The van der Waals surface area contributed by atoms with Gasteiger partial charge in [0.2, 0.25) is 0 Å². The van der Waals surface area contributed by atoms with Gasteiger partial charge in [0.05, 0.1) is 11.6 Å². The second-order valence-corrected chi connectivity index (χ2v) is 4.93. The first-order chi connectivity index (χ1) is 8.74. The van der Waals surface area contributed by atoms with E-state index in [1.807, 2.05) is 25.1 Å². The van der Waals surface area contributed by atoms with Crippen molar-refractivity contribution in [2.24, 2.45) is 0 Å². The summed E-state index contributed by atoms with van der Waals surface area (Å²) in [6, 6.07) is 8.94. The van der Waals surface area contributed by atoms with Crippen LogP contribution in [0.3, 0.4) is 0 Å². The second-order valence-electron chi connectivity index (χ2n) is 4.93. The highest BCUT2D eigenvalue weighted by atomic mass is 15.2. The standard InChI is InChI=1S/C15H21N3/c1-3-18(15-6-7-15)9-8-17-14-5-4-13(11-16)12(2)10-14/h4-5,10,15,17H,3,6-9H2,1-2H3. The lowest BCUT2D eigenvalue weighted by Gasteiger charge is -2.20. The lowest BCUT2D eigenvalue weighted by molar-refractivity contribution is 0.289. The highest BCUT2D eigenvalue weighted by Crippen LogP contribution is 2.26. The van der Waals surface area contributed by atoms with Crippen molar-refractivity contribution in [1.82, 2.24) is 4.90 Å². The molecule has 3 nitrogen and oxygen atoms in total.